The number of hydrogen-bond donors (Lipinski definition) is 3. The summed E-state index contributed by atoms with van der Waals surface area (Å²) in [7, 11) is 0. The van der Waals surface area contributed by atoms with Crippen molar-refractivity contribution in [2.45, 2.75) is 29.2 Å². The molecule has 9 nitrogen and oxygen atoms in total. The fourth-order valence-corrected chi connectivity index (χ4v) is 6.55. The highest BCUT2D eigenvalue weighted by atomic mass is 32.2. The number of benzene rings is 1. The van der Waals surface area contributed by atoms with Gasteiger partial charge in [-0.3, -0.25) is 9.69 Å². The maximum absolute atomic E-state index is 12.7. The van der Waals surface area contributed by atoms with Gasteiger partial charge in [-0.25, -0.2) is 9.59 Å². The number of nitrogens with zero attached hydrogens (tertiary/aromatic N) is 3. The summed E-state index contributed by atoms with van der Waals surface area (Å²) in [6.07, 6.45) is 0. The standard InChI is InChI=1S/C19H19N5O4S3/c1-10-22-23-19(31-10)30-9-12-8-29-16-13(15(25)24(16)14(12)17(26)27)21-18(28)20-7-11-5-3-2-4-6-11/h2-6,13,16H,7-9H2,1H3,(H,26,27)(H2,20,21,28)/t13?,16-/m1/s1. The van der Waals surface area contributed by atoms with Crippen molar-refractivity contribution in [3.8, 4) is 0 Å². The number of carboxylic acids is 1. The van der Waals surface area contributed by atoms with Crippen LogP contribution in [-0.2, 0) is 16.1 Å². The summed E-state index contributed by atoms with van der Waals surface area (Å²) in [5.74, 6) is -0.687. The Morgan fingerprint density at radius 2 is 2.06 bits per heavy atom. The molecule has 0 radical (unpaired) electrons. The first-order valence-corrected chi connectivity index (χ1v) is 12.2. The zero-order valence-electron chi connectivity index (χ0n) is 16.4. The van der Waals surface area contributed by atoms with Gasteiger partial charge in [-0.1, -0.05) is 53.4 Å². The van der Waals surface area contributed by atoms with Crippen LogP contribution in [0.4, 0.5) is 4.79 Å². The highest BCUT2D eigenvalue weighted by Gasteiger charge is 2.54. The largest absolute Gasteiger partial charge is 0.477 e. The summed E-state index contributed by atoms with van der Waals surface area (Å²) >= 11 is 4.29. The highest BCUT2D eigenvalue weighted by Crippen LogP contribution is 2.41. The molecule has 1 saturated heterocycles. The van der Waals surface area contributed by atoms with E-state index in [-0.39, 0.29) is 5.70 Å². The molecule has 3 amide bonds. The fourth-order valence-electron chi connectivity index (χ4n) is 3.25. The quantitative estimate of drug-likeness (QED) is 0.409. The molecule has 2 aromatic rings. The number of aliphatic carboxylic acids is 1. The molecular formula is C19H19N5O4S3. The SMILES string of the molecule is Cc1nnc(SCC2=C(C(=O)O)N3C(=O)C(NC(=O)NCc4ccccc4)[C@H]3SC2)s1. The van der Waals surface area contributed by atoms with Gasteiger partial charge in [0.25, 0.3) is 5.91 Å². The van der Waals surface area contributed by atoms with E-state index in [4.69, 9.17) is 0 Å². The number of amides is 3. The lowest BCUT2D eigenvalue weighted by Crippen LogP contribution is -2.71. The van der Waals surface area contributed by atoms with Crippen LogP contribution in [0.2, 0.25) is 0 Å². The minimum Gasteiger partial charge on any atom is -0.477 e. The molecule has 2 aliphatic rings. The minimum atomic E-state index is -1.14. The molecule has 1 aromatic carbocycles. The van der Waals surface area contributed by atoms with E-state index < -0.39 is 29.3 Å². The lowest BCUT2D eigenvalue weighted by Gasteiger charge is -2.49. The molecule has 2 aliphatic heterocycles. The van der Waals surface area contributed by atoms with Crippen LogP contribution in [0.15, 0.2) is 45.9 Å². The number of nitrogens with one attached hydrogen (secondary N) is 2. The molecule has 0 spiro atoms. The number of rotatable bonds is 7. The van der Waals surface area contributed by atoms with Crippen LogP contribution in [0, 0.1) is 6.92 Å². The van der Waals surface area contributed by atoms with Gasteiger partial charge < -0.3 is 15.7 Å². The van der Waals surface area contributed by atoms with Crippen molar-refractivity contribution < 1.29 is 19.5 Å². The van der Waals surface area contributed by atoms with E-state index in [2.05, 4.69) is 20.8 Å². The van der Waals surface area contributed by atoms with Gasteiger partial charge in [-0.15, -0.1) is 22.0 Å². The summed E-state index contributed by atoms with van der Waals surface area (Å²) in [5.41, 5.74) is 1.60. The lowest BCUT2D eigenvalue weighted by molar-refractivity contribution is -0.148. The van der Waals surface area contributed by atoms with E-state index in [1.165, 1.54) is 39.8 Å². The molecule has 162 valence electrons. The summed E-state index contributed by atoms with van der Waals surface area (Å²) in [5, 5.41) is 23.5. The lowest BCUT2D eigenvalue weighted by atomic mass is 10.0. The first-order chi connectivity index (χ1) is 14.9. The van der Waals surface area contributed by atoms with Gasteiger partial charge in [0.05, 0.1) is 0 Å². The number of urea groups is 1. The Labute approximate surface area is 190 Å². The second-order valence-corrected chi connectivity index (χ2v) is 10.3. The number of thioether (sulfide) groups is 2. The minimum absolute atomic E-state index is 0.00484. The maximum atomic E-state index is 12.7. The van der Waals surface area contributed by atoms with Crippen LogP contribution >= 0.6 is 34.9 Å². The molecule has 4 rings (SSSR count). The monoisotopic (exact) mass is 477 g/mol. The topological polar surface area (TPSA) is 125 Å². The number of carbonyl (C=O) groups excluding carboxylic acids is 2. The molecule has 2 atom stereocenters. The van der Waals surface area contributed by atoms with Crippen LogP contribution in [0.25, 0.3) is 0 Å². The normalized spacial score (nSPS) is 20.2. The molecule has 12 heteroatoms. The third-order valence-corrected chi connectivity index (χ3v) is 8.11. The Bertz CT molecular complexity index is 1040. The molecule has 1 aromatic heterocycles. The van der Waals surface area contributed by atoms with E-state index >= 15 is 0 Å². The Hall–Kier alpha value is -2.57. The number of hydrogen-bond acceptors (Lipinski definition) is 8. The summed E-state index contributed by atoms with van der Waals surface area (Å²) in [4.78, 5) is 38.1. The van der Waals surface area contributed by atoms with Gasteiger partial charge in [-0.2, -0.15) is 0 Å². The summed E-state index contributed by atoms with van der Waals surface area (Å²) in [6, 6.07) is 8.21. The third kappa shape index (κ3) is 4.70. The number of fused-ring (bicyclic) bond motifs is 1. The molecule has 1 unspecified atom stereocenters. The van der Waals surface area contributed by atoms with Gasteiger partial charge >= 0.3 is 12.0 Å². The fraction of sp³-hybridized carbons (Fsp3) is 0.316. The second-order valence-electron chi connectivity index (χ2n) is 6.83. The van der Waals surface area contributed by atoms with Gasteiger partial charge in [0, 0.05) is 18.1 Å². The smallest absolute Gasteiger partial charge is 0.352 e. The van der Waals surface area contributed by atoms with Crippen molar-refractivity contribution in [3.05, 3.63) is 52.2 Å². The van der Waals surface area contributed by atoms with Crippen molar-refractivity contribution in [3.63, 3.8) is 0 Å². The predicted molar refractivity (Wildman–Crippen MR) is 119 cm³/mol. The number of carbonyl (C=O) groups is 3. The number of carboxylic acid groups (broad SMARTS) is 1. The van der Waals surface area contributed by atoms with Gasteiger partial charge in [0.1, 0.15) is 22.1 Å². The Kier molecular flexibility index (Phi) is 6.49. The molecule has 31 heavy (non-hydrogen) atoms. The Balaban J connectivity index is 1.38. The summed E-state index contributed by atoms with van der Waals surface area (Å²) < 4.78 is 0.756. The highest BCUT2D eigenvalue weighted by molar-refractivity contribution is 8.01. The average molecular weight is 478 g/mol. The van der Waals surface area contributed by atoms with Crippen molar-refractivity contribution in [1.29, 1.82) is 0 Å². The Morgan fingerprint density at radius 3 is 2.74 bits per heavy atom. The van der Waals surface area contributed by atoms with Crippen LogP contribution in [-0.4, -0.2) is 61.0 Å². The maximum Gasteiger partial charge on any atom is 0.352 e. The third-order valence-electron chi connectivity index (χ3n) is 4.71. The first kappa shape index (κ1) is 21.7. The summed E-state index contributed by atoms with van der Waals surface area (Å²) in [6.45, 7) is 2.19. The average Bonchev–Trinajstić information content (AvgIpc) is 3.19. The number of β-lactam (4-membered cyclic amide) rings is 1. The molecular weight excluding hydrogens is 458 g/mol. The van der Waals surface area contributed by atoms with Gasteiger partial charge in [-0.05, 0) is 18.1 Å². The molecule has 3 N–H and O–H groups in total. The van der Waals surface area contributed by atoms with E-state index in [0.29, 0.717) is 23.6 Å². The molecule has 0 bridgehead atoms. The van der Waals surface area contributed by atoms with Crippen LogP contribution in [0.1, 0.15) is 10.6 Å². The van der Waals surface area contributed by atoms with E-state index in [1.54, 1.807) is 0 Å². The van der Waals surface area contributed by atoms with Crippen molar-refractivity contribution >= 4 is 52.8 Å². The van der Waals surface area contributed by atoms with Crippen LogP contribution < -0.4 is 10.6 Å². The van der Waals surface area contributed by atoms with Crippen LogP contribution in [0.5, 0.6) is 0 Å². The molecule has 0 saturated carbocycles. The predicted octanol–water partition coefficient (Wildman–Crippen LogP) is 2.06. The zero-order valence-corrected chi connectivity index (χ0v) is 18.9. The van der Waals surface area contributed by atoms with Crippen molar-refractivity contribution in [1.82, 2.24) is 25.7 Å². The second kappa shape index (κ2) is 9.28. The van der Waals surface area contributed by atoms with Crippen molar-refractivity contribution in [2.24, 2.45) is 0 Å². The zero-order chi connectivity index (χ0) is 22.0. The van der Waals surface area contributed by atoms with Crippen LogP contribution in [0.3, 0.4) is 0 Å². The van der Waals surface area contributed by atoms with Gasteiger partial charge in [0.2, 0.25) is 0 Å². The van der Waals surface area contributed by atoms with E-state index in [9.17, 15) is 19.5 Å². The molecule has 3 heterocycles. The molecule has 1 fully saturated rings. The first-order valence-electron chi connectivity index (χ1n) is 9.35. The number of aryl methyl sites for hydroxylation is 1. The van der Waals surface area contributed by atoms with E-state index in [1.807, 2.05) is 37.3 Å². The van der Waals surface area contributed by atoms with E-state index in [0.717, 1.165) is 14.9 Å². The molecule has 0 aliphatic carbocycles. The number of aromatic nitrogens is 2. The Morgan fingerprint density at radius 1 is 1.29 bits per heavy atom. The van der Waals surface area contributed by atoms with Crippen molar-refractivity contribution in [2.75, 3.05) is 11.5 Å². The van der Waals surface area contributed by atoms with Gasteiger partial charge in [0.15, 0.2) is 4.34 Å².